The second-order valence-electron chi connectivity index (χ2n) is 3.63. The van der Waals surface area contributed by atoms with Crippen molar-refractivity contribution < 1.29 is 4.79 Å². The molecule has 1 saturated carbocycles. The highest BCUT2D eigenvalue weighted by atomic mass is 79.9. The summed E-state index contributed by atoms with van der Waals surface area (Å²) in [5.74, 6) is 0.622. The van der Waals surface area contributed by atoms with Crippen LogP contribution in [0, 0.1) is 5.92 Å². The Morgan fingerprint density at radius 2 is 1.92 bits per heavy atom. The number of carbonyl (C=O) groups is 1. The van der Waals surface area contributed by atoms with Crippen LogP contribution < -0.4 is 0 Å². The number of fused-ring (bicyclic) bond motifs is 1. The first-order valence-corrected chi connectivity index (χ1v) is 5.99. The van der Waals surface area contributed by atoms with Crippen molar-refractivity contribution in [2.24, 2.45) is 5.92 Å². The van der Waals surface area contributed by atoms with Gasteiger partial charge in [-0.25, -0.2) is 0 Å². The van der Waals surface area contributed by atoms with Gasteiger partial charge in [0, 0.05) is 22.7 Å². The van der Waals surface area contributed by atoms with Crippen molar-refractivity contribution in [3.8, 4) is 0 Å². The number of hydrogen-bond acceptors (Lipinski definition) is 1. The summed E-state index contributed by atoms with van der Waals surface area (Å²) in [6.45, 7) is 0. The normalized spacial score (nSPS) is 46.9. The van der Waals surface area contributed by atoms with E-state index < -0.39 is 0 Å². The number of halogens is 2. The van der Waals surface area contributed by atoms with Crippen molar-refractivity contribution in [3.05, 3.63) is 0 Å². The maximum absolute atomic E-state index is 11.3. The lowest BCUT2D eigenvalue weighted by atomic mass is 9.76. The molecule has 12 heavy (non-hydrogen) atoms. The molecule has 0 radical (unpaired) electrons. The van der Waals surface area contributed by atoms with E-state index in [0.717, 1.165) is 12.8 Å². The van der Waals surface area contributed by atoms with Gasteiger partial charge in [0.2, 0.25) is 5.91 Å². The molecule has 0 aromatic carbocycles. The number of amides is 1. The Balaban J connectivity index is 2.07. The zero-order valence-electron chi connectivity index (χ0n) is 6.84. The minimum atomic E-state index is 0.299. The van der Waals surface area contributed by atoms with Crippen LogP contribution >= 0.6 is 31.9 Å². The third-order valence-electron chi connectivity index (χ3n) is 2.96. The molecule has 1 saturated heterocycles. The van der Waals surface area contributed by atoms with Gasteiger partial charge >= 0.3 is 0 Å². The van der Waals surface area contributed by atoms with E-state index in [0.29, 0.717) is 27.5 Å². The van der Waals surface area contributed by atoms with Crippen LogP contribution in [-0.4, -0.2) is 33.6 Å². The molecule has 1 amide bonds. The third kappa shape index (κ3) is 1.15. The fourth-order valence-corrected chi connectivity index (χ4v) is 3.34. The highest BCUT2D eigenvalue weighted by Gasteiger charge is 2.50. The molecule has 0 bridgehead atoms. The van der Waals surface area contributed by atoms with Crippen molar-refractivity contribution in [2.75, 3.05) is 7.05 Å². The number of nitrogens with zero attached hydrogens (tertiary/aromatic N) is 1. The molecule has 4 heteroatoms. The molecule has 2 aliphatic rings. The lowest BCUT2D eigenvalue weighted by Gasteiger charge is -2.50. The van der Waals surface area contributed by atoms with Gasteiger partial charge in [0.15, 0.2) is 0 Å². The number of rotatable bonds is 0. The van der Waals surface area contributed by atoms with Crippen LogP contribution in [-0.2, 0) is 4.79 Å². The van der Waals surface area contributed by atoms with Crippen LogP contribution in [0.1, 0.15) is 12.8 Å². The summed E-state index contributed by atoms with van der Waals surface area (Å²) < 4.78 is 0. The number of alkyl halides is 2. The van der Waals surface area contributed by atoms with Crippen molar-refractivity contribution in [2.45, 2.75) is 28.5 Å². The molecule has 0 N–H and O–H groups in total. The van der Waals surface area contributed by atoms with E-state index in [1.54, 1.807) is 0 Å². The fourth-order valence-electron chi connectivity index (χ4n) is 2.13. The number of carbonyl (C=O) groups excluding carboxylic acids is 1. The maximum atomic E-state index is 11.3. The van der Waals surface area contributed by atoms with Gasteiger partial charge in [-0.2, -0.15) is 0 Å². The first-order chi connectivity index (χ1) is 5.61. The Morgan fingerprint density at radius 1 is 1.33 bits per heavy atom. The van der Waals surface area contributed by atoms with Crippen molar-refractivity contribution >= 4 is 37.8 Å². The second-order valence-corrected chi connectivity index (χ2v) is 5.98. The minimum Gasteiger partial charge on any atom is -0.342 e. The van der Waals surface area contributed by atoms with Crippen molar-refractivity contribution in [3.63, 3.8) is 0 Å². The molecule has 2 rings (SSSR count). The van der Waals surface area contributed by atoms with Gasteiger partial charge in [-0.15, -0.1) is 0 Å². The zero-order valence-corrected chi connectivity index (χ0v) is 10.0. The molecule has 1 aliphatic carbocycles. The van der Waals surface area contributed by atoms with Gasteiger partial charge in [0.1, 0.15) is 0 Å². The first kappa shape index (κ1) is 9.00. The summed E-state index contributed by atoms with van der Waals surface area (Å²) in [6.07, 6.45) is 2.08. The molecule has 1 heterocycles. The van der Waals surface area contributed by atoms with E-state index in [4.69, 9.17) is 0 Å². The Labute approximate surface area is 88.9 Å². The van der Waals surface area contributed by atoms with E-state index in [9.17, 15) is 4.79 Å². The molecular weight excluding hydrogens is 286 g/mol. The van der Waals surface area contributed by atoms with Crippen LogP contribution in [0.5, 0.6) is 0 Å². The minimum absolute atomic E-state index is 0.299. The van der Waals surface area contributed by atoms with Gasteiger partial charge in [0.25, 0.3) is 0 Å². The zero-order chi connectivity index (χ0) is 8.88. The summed E-state index contributed by atoms with van der Waals surface area (Å²) >= 11 is 7.20. The van der Waals surface area contributed by atoms with Crippen LogP contribution in [0.15, 0.2) is 0 Å². The third-order valence-corrected chi connectivity index (χ3v) is 5.70. The molecule has 0 spiro atoms. The van der Waals surface area contributed by atoms with Crippen LogP contribution in [0.2, 0.25) is 0 Å². The standard InChI is InChI=1S/C8H11Br2NO/c1-11-7-3-6(10)5(9)2-4(7)8(11)12/h4-7H,2-3H2,1H3/t4-,5+,6+,7-/m1/s1. The molecule has 4 atom stereocenters. The summed E-state index contributed by atoms with van der Waals surface area (Å²) in [5, 5.41) is 0. The van der Waals surface area contributed by atoms with Crippen LogP contribution in [0.4, 0.5) is 0 Å². The second kappa shape index (κ2) is 2.98. The fraction of sp³-hybridized carbons (Fsp3) is 0.875. The molecule has 1 aliphatic heterocycles. The molecule has 0 unspecified atom stereocenters. The Kier molecular flexibility index (Phi) is 2.24. The number of β-lactam (4-membered cyclic amide) rings is 1. The summed E-state index contributed by atoms with van der Waals surface area (Å²) in [4.78, 5) is 14.2. The van der Waals surface area contributed by atoms with Crippen molar-refractivity contribution in [1.82, 2.24) is 4.90 Å². The van der Waals surface area contributed by atoms with Crippen molar-refractivity contribution in [1.29, 1.82) is 0 Å². The first-order valence-electron chi connectivity index (χ1n) is 4.16. The van der Waals surface area contributed by atoms with E-state index in [-0.39, 0.29) is 0 Å². The monoisotopic (exact) mass is 295 g/mol. The Bertz CT molecular complexity index is 221. The Morgan fingerprint density at radius 3 is 2.58 bits per heavy atom. The maximum Gasteiger partial charge on any atom is 0.227 e. The highest BCUT2D eigenvalue weighted by molar-refractivity contribution is 9.12. The topological polar surface area (TPSA) is 20.3 Å². The smallest absolute Gasteiger partial charge is 0.227 e. The largest absolute Gasteiger partial charge is 0.342 e. The van der Waals surface area contributed by atoms with E-state index in [1.807, 2.05) is 11.9 Å². The summed E-state index contributed by atoms with van der Waals surface area (Å²) in [6, 6.07) is 0.496. The average Bonchev–Trinajstić information content (AvgIpc) is 2.08. The van der Waals surface area contributed by atoms with E-state index in [2.05, 4.69) is 31.9 Å². The molecule has 68 valence electrons. The molecular formula is C8H11Br2NO. The van der Waals surface area contributed by atoms with Gasteiger partial charge < -0.3 is 4.90 Å². The van der Waals surface area contributed by atoms with Gasteiger partial charge in [-0.3, -0.25) is 4.79 Å². The number of likely N-dealkylation sites (tertiary alicyclic amines) is 1. The van der Waals surface area contributed by atoms with E-state index in [1.165, 1.54) is 0 Å². The van der Waals surface area contributed by atoms with Crippen LogP contribution in [0.3, 0.4) is 0 Å². The van der Waals surface area contributed by atoms with Gasteiger partial charge in [-0.1, -0.05) is 31.9 Å². The summed E-state index contributed by atoms with van der Waals surface area (Å²) in [7, 11) is 1.90. The quantitative estimate of drug-likeness (QED) is 0.493. The predicted molar refractivity (Wildman–Crippen MR) is 54.7 cm³/mol. The summed E-state index contributed by atoms with van der Waals surface area (Å²) in [5.41, 5.74) is 0. The lowest BCUT2D eigenvalue weighted by Crippen LogP contribution is -2.62. The van der Waals surface area contributed by atoms with Crippen LogP contribution in [0.25, 0.3) is 0 Å². The van der Waals surface area contributed by atoms with E-state index >= 15 is 0 Å². The average molecular weight is 297 g/mol. The number of hydrogen-bond donors (Lipinski definition) is 0. The van der Waals surface area contributed by atoms with Gasteiger partial charge in [0.05, 0.1) is 5.92 Å². The molecule has 0 aromatic heterocycles. The predicted octanol–water partition coefficient (Wildman–Crippen LogP) is 1.76. The molecule has 2 fully saturated rings. The molecule has 0 aromatic rings. The molecule has 2 nitrogen and oxygen atoms in total. The lowest BCUT2D eigenvalue weighted by molar-refractivity contribution is -0.155. The highest BCUT2D eigenvalue weighted by Crippen LogP contribution is 2.42. The SMILES string of the molecule is CN1C(=O)[C@@H]2C[C@H](Br)[C@@H](Br)C[C@H]21. The van der Waals surface area contributed by atoms with Gasteiger partial charge in [-0.05, 0) is 12.8 Å². The Hall–Kier alpha value is 0.430.